The number of halogens is 2. The molecule has 0 aliphatic heterocycles. The van der Waals surface area contributed by atoms with Crippen molar-refractivity contribution in [3.05, 3.63) is 40.0 Å². The van der Waals surface area contributed by atoms with Gasteiger partial charge in [-0.3, -0.25) is 0 Å². The van der Waals surface area contributed by atoms with Crippen LogP contribution in [-0.2, 0) is 0 Å². The molecule has 2 rings (SSSR count). The highest BCUT2D eigenvalue weighted by Gasteiger charge is 2.05. The fourth-order valence-electron chi connectivity index (χ4n) is 1.05. The predicted octanol–water partition coefficient (Wildman–Crippen LogP) is 2.59. The first-order chi connectivity index (χ1) is 7.65. The zero-order chi connectivity index (χ0) is 11.5. The number of nitrogens with zero attached hydrogens (tertiary/aromatic N) is 2. The molecule has 1 aromatic heterocycles. The molecule has 0 saturated carbocycles. The monoisotopic (exact) mass is 331 g/mol. The van der Waals surface area contributed by atoms with Crippen LogP contribution in [-0.4, -0.2) is 9.97 Å². The van der Waals surface area contributed by atoms with Crippen molar-refractivity contribution in [1.29, 1.82) is 0 Å². The van der Waals surface area contributed by atoms with Gasteiger partial charge in [0.25, 0.3) is 0 Å². The summed E-state index contributed by atoms with van der Waals surface area (Å²) in [6.07, 6.45) is 3.19. The van der Waals surface area contributed by atoms with Gasteiger partial charge in [-0.1, -0.05) is 0 Å². The van der Waals surface area contributed by atoms with Crippen LogP contribution in [0.1, 0.15) is 0 Å². The molecule has 0 spiro atoms. The molecule has 1 aromatic carbocycles. The Morgan fingerprint density at radius 1 is 1.25 bits per heavy atom. The second-order valence-electron chi connectivity index (χ2n) is 2.97. The van der Waals surface area contributed by atoms with Crippen LogP contribution in [0, 0.1) is 9.39 Å². The number of nitrogen functional groups attached to an aromatic ring is 1. The molecule has 6 heteroatoms. The van der Waals surface area contributed by atoms with Crippen molar-refractivity contribution in [2.45, 2.75) is 0 Å². The van der Waals surface area contributed by atoms with Gasteiger partial charge in [-0.2, -0.15) is 0 Å². The van der Waals surface area contributed by atoms with Crippen molar-refractivity contribution in [3.8, 4) is 11.8 Å². The molecule has 2 aromatic rings. The minimum absolute atomic E-state index is 0.137. The standard InChI is InChI=1S/C10H7FIN3O/c11-6-1-2-8(13)9(3-6)16-10-14-4-7(12)5-15-10/h1-5H,13H2. The highest BCUT2D eigenvalue weighted by molar-refractivity contribution is 14.1. The molecule has 0 amide bonds. The van der Waals surface area contributed by atoms with Crippen LogP contribution in [0.25, 0.3) is 0 Å². The molecule has 0 atom stereocenters. The first-order valence-corrected chi connectivity index (χ1v) is 5.43. The van der Waals surface area contributed by atoms with E-state index in [1.165, 1.54) is 18.2 Å². The van der Waals surface area contributed by atoms with E-state index in [0.29, 0.717) is 5.69 Å². The molecule has 0 radical (unpaired) electrons. The van der Waals surface area contributed by atoms with Gasteiger partial charge < -0.3 is 10.5 Å². The van der Waals surface area contributed by atoms with E-state index < -0.39 is 5.82 Å². The van der Waals surface area contributed by atoms with Gasteiger partial charge in [-0.25, -0.2) is 14.4 Å². The van der Waals surface area contributed by atoms with E-state index in [1.807, 2.05) is 0 Å². The van der Waals surface area contributed by atoms with Crippen molar-refractivity contribution in [2.75, 3.05) is 5.73 Å². The minimum atomic E-state index is -0.422. The summed E-state index contributed by atoms with van der Waals surface area (Å²) < 4.78 is 19.1. The first-order valence-electron chi connectivity index (χ1n) is 4.35. The van der Waals surface area contributed by atoms with Crippen LogP contribution in [0.4, 0.5) is 10.1 Å². The van der Waals surface area contributed by atoms with Crippen LogP contribution >= 0.6 is 22.6 Å². The summed E-state index contributed by atoms with van der Waals surface area (Å²) in [5.74, 6) is -0.212. The Bertz CT molecular complexity index is 504. The van der Waals surface area contributed by atoms with Crippen molar-refractivity contribution < 1.29 is 9.13 Å². The quantitative estimate of drug-likeness (QED) is 0.679. The fourth-order valence-corrected chi connectivity index (χ4v) is 1.33. The normalized spacial score (nSPS) is 10.1. The Kier molecular flexibility index (Phi) is 3.18. The molecule has 0 aliphatic carbocycles. The van der Waals surface area contributed by atoms with Crippen LogP contribution in [0.3, 0.4) is 0 Å². The fraction of sp³-hybridized carbons (Fsp3) is 0. The lowest BCUT2D eigenvalue weighted by atomic mass is 10.3. The second-order valence-corrected chi connectivity index (χ2v) is 4.21. The molecular formula is C10H7FIN3O. The maximum Gasteiger partial charge on any atom is 0.322 e. The lowest BCUT2D eigenvalue weighted by Crippen LogP contribution is -1.96. The molecule has 0 saturated heterocycles. The van der Waals surface area contributed by atoms with E-state index in [4.69, 9.17) is 10.5 Å². The maximum atomic E-state index is 12.9. The number of nitrogens with two attached hydrogens (primary N) is 1. The Morgan fingerprint density at radius 3 is 2.62 bits per heavy atom. The molecule has 82 valence electrons. The second kappa shape index (κ2) is 4.60. The molecule has 0 unspecified atom stereocenters. The van der Waals surface area contributed by atoms with Gasteiger partial charge in [0.05, 0.1) is 5.69 Å². The Balaban J connectivity index is 2.26. The summed E-state index contributed by atoms with van der Waals surface area (Å²) in [7, 11) is 0. The van der Waals surface area contributed by atoms with Crippen molar-refractivity contribution in [1.82, 2.24) is 9.97 Å². The number of benzene rings is 1. The summed E-state index contributed by atoms with van der Waals surface area (Å²) in [6.45, 7) is 0. The van der Waals surface area contributed by atoms with Crippen LogP contribution < -0.4 is 10.5 Å². The zero-order valence-electron chi connectivity index (χ0n) is 8.02. The van der Waals surface area contributed by atoms with Gasteiger partial charge in [0.1, 0.15) is 5.82 Å². The Hall–Kier alpha value is -1.44. The first kappa shape index (κ1) is 11.1. The average molecular weight is 331 g/mol. The third kappa shape index (κ3) is 2.57. The number of aromatic nitrogens is 2. The van der Waals surface area contributed by atoms with E-state index in [2.05, 4.69) is 32.6 Å². The summed E-state index contributed by atoms with van der Waals surface area (Å²) in [5, 5.41) is 0. The molecule has 4 nitrogen and oxygen atoms in total. The van der Waals surface area contributed by atoms with Gasteiger partial charge in [-0.05, 0) is 34.7 Å². The highest BCUT2D eigenvalue weighted by atomic mass is 127. The Labute approximate surface area is 105 Å². The SMILES string of the molecule is Nc1ccc(F)cc1Oc1ncc(I)cn1. The molecule has 16 heavy (non-hydrogen) atoms. The van der Waals surface area contributed by atoms with E-state index in [-0.39, 0.29) is 11.8 Å². The lowest BCUT2D eigenvalue weighted by molar-refractivity contribution is 0.439. The van der Waals surface area contributed by atoms with Crippen LogP contribution in [0.5, 0.6) is 11.8 Å². The van der Waals surface area contributed by atoms with E-state index in [1.54, 1.807) is 12.4 Å². The van der Waals surface area contributed by atoms with Gasteiger partial charge >= 0.3 is 6.01 Å². The average Bonchev–Trinajstić information content (AvgIpc) is 2.27. The van der Waals surface area contributed by atoms with E-state index >= 15 is 0 Å². The lowest BCUT2D eigenvalue weighted by Gasteiger charge is -2.06. The molecular weight excluding hydrogens is 324 g/mol. The smallest absolute Gasteiger partial charge is 0.322 e. The molecule has 0 bridgehead atoms. The van der Waals surface area contributed by atoms with Gasteiger partial charge in [0, 0.05) is 22.0 Å². The van der Waals surface area contributed by atoms with Crippen molar-refractivity contribution in [2.24, 2.45) is 0 Å². The van der Waals surface area contributed by atoms with Crippen molar-refractivity contribution >= 4 is 28.3 Å². The summed E-state index contributed by atoms with van der Waals surface area (Å²) in [5.41, 5.74) is 5.96. The van der Waals surface area contributed by atoms with Crippen LogP contribution in [0.2, 0.25) is 0 Å². The highest BCUT2D eigenvalue weighted by Crippen LogP contribution is 2.25. The van der Waals surface area contributed by atoms with Crippen LogP contribution in [0.15, 0.2) is 30.6 Å². The third-order valence-corrected chi connectivity index (χ3v) is 2.33. The van der Waals surface area contributed by atoms with Gasteiger partial charge in [0.2, 0.25) is 0 Å². The predicted molar refractivity (Wildman–Crippen MR) is 65.6 cm³/mol. The maximum absolute atomic E-state index is 12.9. The summed E-state index contributed by atoms with van der Waals surface area (Å²) in [4.78, 5) is 7.85. The molecule has 1 heterocycles. The summed E-state index contributed by atoms with van der Waals surface area (Å²) >= 11 is 2.07. The molecule has 2 N–H and O–H groups in total. The largest absolute Gasteiger partial charge is 0.422 e. The number of rotatable bonds is 2. The van der Waals surface area contributed by atoms with E-state index in [0.717, 1.165) is 3.57 Å². The molecule has 0 fully saturated rings. The number of hydrogen-bond donors (Lipinski definition) is 1. The Morgan fingerprint density at radius 2 is 1.94 bits per heavy atom. The van der Waals surface area contributed by atoms with Crippen molar-refractivity contribution in [3.63, 3.8) is 0 Å². The molecule has 0 aliphatic rings. The minimum Gasteiger partial charge on any atom is -0.422 e. The van der Waals surface area contributed by atoms with E-state index in [9.17, 15) is 4.39 Å². The number of hydrogen-bond acceptors (Lipinski definition) is 4. The van der Waals surface area contributed by atoms with Gasteiger partial charge in [0.15, 0.2) is 5.75 Å². The number of anilines is 1. The van der Waals surface area contributed by atoms with Gasteiger partial charge in [-0.15, -0.1) is 0 Å². The topological polar surface area (TPSA) is 61.0 Å². The zero-order valence-corrected chi connectivity index (χ0v) is 10.2. The third-order valence-electron chi connectivity index (χ3n) is 1.77. The summed E-state index contributed by atoms with van der Waals surface area (Å²) in [6, 6.07) is 4.02. The number of ether oxygens (including phenoxy) is 1.